The molecule has 4 nitrogen and oxygen atoms in total. The van der Waals surface area contributed by atoms with E-state index in [0.717, 1.165) is 10.7 Å². The maximum atomic E-state index is 11.8. The van der Waals surface area contributed by atoms with Gasteiger partial charge in [-0.3, -0.25) is 5.32 Å². The largest absolute Gasteiger partial charge is 0.325 e. The molecule has 0 saturated heterocycles. The third kappa shape index (κ3) is 3.70. The van der Waals surface area contributed by atoms with Crippen molar-refractivity contribution in [3.63, 3.8) is 0 Å². The quantitative estimate of drug-likeness (QED) is 0.881. The minimum atomic E-state index is -0.0934. The fraction of sp³-hybridized carbons (Fsp3) is 0.667. The van der Waals surface area contributed by atoms with Gasteiger partial charge in [-0.15, -0.1) is 0 Å². The van der Waals surface area contributed by atoms with Crippen LogP contribution >= 0.6 is 11.5 Å². The Morgan fingerprint density at radius 2 is 2.06 bits per heavy atom. The maximum absolute atomic E-state index is 11.8. The third-order valence-electron chi connectivity index (χ3n) is 2.60. The minimum Gasteiger partial charge on any atom is -0.325 e. The molecule has 0 spiro atoms. The summed E-state index contributed by atoms with van der Waals surface area (Å²) in [7, 11) is 1.78. The van der Waals surface area contributed by atoms with Crippen LogP contribution < -0.4 is 5.32 Å². The van der Waals surface area contributed by atoms with Gasteiger partial charge in [-0.25, -0.2) is 4.79 Å². The molecular weight excluding hydrogens is 234 g/mol. The summed E-state index contributed by atoms with van der Waals surface area (Å²) >= 11 is 1.33. The zero-order chi connectivity index (χ0) is 13.2. The molecule has 0 aliphatic carbocycles. The van der Waals surface area contributed by atoms with Crippen LogP contribution in [0.1, 0.15) is 40.3 Å². The molecule has 0 aliphatic rings. The van der Waals surface area contributed by atoms with Gasteiger partial charge in [0, 0.05) is 18.5 Å². The van der Waals surface area contributed by atoms with Gasteiger partial charge < -0.3 is 4.90 Å². The minimum absolute atomic E-state index is 0.0173. The zero-order valence-corrected chi connectivity index (χ0v) is 12.2. The molecule has 5 heteroatoms. The average molecular weight is 255 g/mol. The summed E-state index contributed by atoms with van der Waals surface area (Å²) in [6.07, 6.45) is 0. The molecule has 0 unspecified atom stereocenters. The van der Waals surface area contributed by atoms with E-state index in [1.54, 1.807) is 11.9 Å². The number of anilines is 1. The first-order chi connectivity index (χ1) is 7.71. The van der Waals surface area contributed by atoms with Crippen molar-refractivity contribution in [3.05, 3.63) is 11.8 Å². The SMILES string of the molecule is CC(C)N(C)C(=O)Nc1cc(C(C)(C)C)ns1. The van der Waals surface area contributed by atoms with Crippen molar-refractivity contribution < 1.29 is 4.79 Å². The summed E-state index contributed by atoms with van der Waals surface area (Å²) in [6.45, 7) is 10.3. The van der Waals surface area contributed by atoms with Gasteiger partial charge in [0.2, 0.25) is 0 Å². The molecule has 96 valence electrons. The highest BCUT2D eigenvalue weighted by molar-refractivity contribution is 7.10. The molecule has 0 saturated carbocycles. The molecule has 1 aromatic rings. The van der Waals surface area contributed by atoms with Crippen LogP contribution in [0.15, 0.2) is 6.07 Å². The molecule has 0 bridgehead atoms. The molecule has 0 aromatic carbocycles. The fourth-order valence-corrected chi connectivity index (χ4v) is 1.94. The lowest BCUT2D eigenvalue weighted by Crippen LogP contribution is -2.36. The average Bonchev–Trinajstić information content (AvgIpc) is 2.64. The highest BCUT2D eigenvalue weighted by Crippen LogP contribution is 2.26. The maximum Gasteiger partial charge on any atom is 0.322 e. The van der Waals surface area contributed by atoms with E-state index in [4.69, 9.17) is 0 Å². The number of aromatic nitrogens is 1. The van der Waals surface area contributed by atoms with Crippen LogP contribution in [-0.2, 0) is 5.41 Å². The lowest BCUT2D eigenvalue weighted by Gasteiger charge is -2.21. The number of amides is 2. The molecule has 1 rings (SSSR count). The predicted octanol–water partition coefficient (Wildman–Crippen LogP) is 3.31. The van der Waals surface area contributed by atoms with Crippen LogP contribution in [0.3, 0.4) is 0 Å². The van der Waals surface area contributed by atoms with Gasteiger partial charge >= 0.3 is 6.03 Å². The van der Waals surface area contributed by atoms with Crippen LogP contribution in [-0.4, -0.2) is 28.4 Å². The van der Waals surface area contributed by atoms with Crippen LogP contribution in [0.4, 0.5) is 9.80 Å². The molecule has 0 fully saturated rings. The number of urea groups is 1. The van der Waals surface area contributed by atoms with E-state index in [-0.39, 0.29) is 17.5 Å². The van der Waals surface area contributed by atoms with E-state index in [1.807, 2.05) is 19.9 Å². The molecule has 1 aromatic heterocycles. The van der Waals surface area contributed by atoms with Crippen molar-refractivity contribution in [1.82, 2.24) is 9.27 Å². The van der Waals surface area contributed by atoms with Gasteiger partial charge in [0.25, 0.3) is 0 Å². The Balaban J connectivity index is 2.71. The summed E-state index contributed by atoms with van der Waals surface area (Å²) in [5.41, 5.74) is 1.02. The van der Waals surface area contributed by atoms with Crippen molar-refractivity contribution in [2.45, 2.75) is 46.1 Å². The highest BCUT2D eigenvalue weighted by atomic mass is 32.1. The van der Waals surface area contributed by atoms with Gasteiger partial charge in [-0.05, 0) is 31.4 Å². The Morgan fingerprint density at radius 3 is 2.47 bits per heavy atom. The van der Waals surface area contributed by atoms with E-state index in [0.29, 0.717) is 0 Å². The lowest BCUT2D eigenvalue weighted by molar-refractivity contribution is 0.211. The number of hydrogen-bond acceptors (Lipinski definition) is 3. The second kappa shape index (κ2) is 5.04. The van der Waals surface area contributed by atoms with Crippen LogP contribution in [0.5, 0.6) is 0 Å². The summed E-state index contributed by atoms with van der Waals surface area (Å²) in [5.74, 6) is 0. The van der Waals surface area contributed by atoms with Crippen molar-refractivity contribution in [3.8, 4) is 0 Å². The number of rotatable bonds is 2. The van der Waals surface area contributed by atoms with E-state index >= 15 is 0 Å². The Kier molecular flexibility index (Phi) is 4.14. The first-order valence-electron chi connectivity index (χ1n) is 5.73. The van der Waals surface area contributed by atoms with E-state index < -0.39 is 0 Å². The predicted molar refractivity (Wildman–Crippen MR) is 72.7 cm³/mol. The molecular formula is C12H21N3OS. The van der Waals surface area contributed by atoms with E-state index in [2.05, 4.69) is 30.5 Å². The molecule has 17 heavy (non-hydrogen) atoms. The fourth-order valence-electron chi connectivity index (χ4n) is 1.12. The molecule has 1 heterocycles. The van der Waals surface area contributed by atoms with Crippen LogP contribution in [0.2, 0.25) is 0 Å². The third-order valence-corrected chi connectivity index (χ3v) is 3.31. The Hall–Kier alpha value is -1.10. The number of hydrogen-bond donors (Lipinski definition) is 1. The summed E-state index contributed by atoms with van der Waals surface area (Å²) in [5, 5.41) is 3.66. The number of nitrogens with one attached hydrogen (secondary N) is 1. The smallest absolute Gasteiger partial charge is 0.322 e. The molecule has 0 radical (unpaired) electrons. The zero-order valence-electron chi connectivity index (χ0n) is 11.4. The van der Waals surface area contributed by atoms with Gasteiger partial charge in [0.1, 0.15) is 5.00 Å². The molecule has 0 atom stereocenters. The van der Waals surface area contributed by atoms with Gasteiger partial charge in [0.15, 0.2) is 0 Å². The normalized spacial score (nSPS) is 11.7. The van der Waals surface area contributed by atoms with Crippen LogP contribution in [0.25, 0.3) is 0 Å². The molecule has 1 N–H and O–H groups in total. The van der Waals surface area contributed by atoms with Gasteiger partial charge in [0.05, 0.1) is 5.69 Å². The standard InChI is InChI=1S/C12H21N3OS/c1-8(2)15(6)11(16)13-10-7-9(14-17-10)12(3,4)5/h7-8H,1-6H3,(H,13,16). The molecule has 2 amide bonds. The number of carbonyl (C=O) groups excluding carboxylic acids is 1. The van der Waals surface area contributed by atoms with Crippen LogP contribution in [0, 0.1) is 0 Å². The number of carbonyl (C=O) groups is 1. The highest BCUT2D eigenvalue weighted by Gasteiger charge is 2.19. The van der Waals surface area contributed by atoms with Gasteiger partial charge in [-0.2, -0.15) is 4.37 Å². The van der Waals surface area contributed by atoms with E-state index in [1.165, 1.54) is 11.5 Å². The summed E-state index contributed by atoms with van der Waals surface area (Å²) in [6, 6.07) is 2.03. The van der Waals surface area contributed by atoms with Crippen molar-refractivity contribution in [2.24, 2.45) is 0 Å². The summed E-state index contributed by atoms with van der Waals surface area (Å²) in [4.78, 5) is 13.5. The monoisotopic (exact) mass is 255 g/mol. The van der Waals surface area contributed by atoms with Crippen molar-refractivity contribution in [1.29, 1.82) is 0 Å². The first-order valence-corrected chi connectivity index (χ1v) is 6.50. The Bertz CT molecular complexity index is 393. The van der Waals surface area contributed by atoms with Gasteiger partial charge in [-0.1, -0.05) is 20.8 Å². The summed E-state index contributed by atoms with van der Waals surface area (Å²) < 4.78 is 4.35. The topological polar surface area (TPSA) is 45.2 Å². The van der Waals surface area contributed by atoms with E-state index in [9.17, 15) is 4.79 Å². The second-order valence-electron chi connectivity index (χ2n) is 5.46. The first kappa shape index (κ1) is 14.0. The Morgan fingerprint density at radius 1 is 1.47 bits per heavy atom. The number of nitrogens with zero attached hydrogens (tertiary/aromatic N) is 2. The van der Waals surface area contributed by atoms with Crippen molar-refractivity contribution in [2.75, 3.05) is 12.4 Å². The lowest BCUT2D eigenvalue weighted by atomic mass is 9.92. The molecule has 0 aliphatic heterocycles. The second-order valence-corrected chi connectivity index (χ2v) is 6.27. The van der Waals surface area contributed by atoms with Crippen molar-refractivity contribution >= 4 is 22.6 Å². The Labute approximate surface area is 107 Å².